The van der Waals surface area contributed by atoms with Crippen molar-refractivity contribution in [3.63, 3.8) is 0 Å². The molecular formula is C30H35N3O4. The maximum atomic E-state index is 12.7. The van der Waals surface area contributed by atoms with Crippen molar-refractivity contribution in [1.29, 1.82) is 0 Å². The third kappa shape index (κ3) is 5.57. The predicted octanol–water partition coefficient (Wildman–Crippen LogP) is 4.76. The van der Waals surface area contributed by atoms with Gasteiger partial charge in [-0.1, -0.05) is 30.3 Å². The lowest BCUT2D eigenvalue weighted by atomic mass is 9.84. The highest BCUT2D eigenvalue weighted by Crippen LogP contribution is 2.35. The Balaban J connectivity index is 1.15. The zero-order valence-electron chi connectivity index (χ0n) is 21.3. The fourth-order valence-electron chi connectivity index (χ4n) is 6.00. The number of carbonyl (C=O) groups excluding carboxylic acids is 1. The predicted molar refractivity (Wildman–Crippen MR) is 145 cm³/mol. The van der Waals surface area contributed by atoms with Crippen molar-refractivity contribution < 1.29 is 19.4 Å². The van der Waals surface area contributed by atoms with Gasteiger partial charge in [-0.15, -0.1) is 0 Å². The van der Waals surface area contributed by atoms with Crippen molar-refractivity contribution in [3.05, 3.63) is 71.9 Å². The molecule has 3 aromatic rings. The minimum absolute atomic E-state index is 0.0271. The van der Waals surface area contributed by atoms with Gasteiger partial charge in [0.25, 0.3) is 0 Å². The summed E-state index contributed by atoms with van der Waals surface area (Å²) in [6, 6.07) is 15.4. The topological polar surface area (TPSA) is 85.9 Å². The third-order valence-corrected chi connectivity index (χ3v) is 8.07. The first-order chi connectivity index (χ1) is 18.0. The van der Waals surface area contributed by atoms with E-state index in [0.29, 0.717) is 31.8 Å². The Morgan fingerprint density at radius 1 is 1.00 bits per heavy atom. The van der Waals surface area contributed by atoms with Gasteiger partial charge in [0.1, 0.15) is 11.8 Å². The van der Waals surface area contributed by atoms with Crippen molar-refractivity contribution >= 4 is 28.9 Å². The second-order valence-corrected chi connectivity index (χ2v) is 10.2. The normalized spacial score (nSPS) is 18.9. The number of amides is 1. The number of aliphatic carboxylic acids is 1. The zero-order valence-corrected chi connectivity index (χ0v) is 21.3. The van der Waals surface area contributed by atoms with Crippen molar-refractivity contribution in [1.82, 2.24) is 14.8 Å². The number of rotatable bonds is 7. The lowest BCUT2D eigenvalue weighted by molar-refractivity contribution is -0.147. The molecule has 0 saturated carbocycles. The quantitative estimate of drug-likeness (QED) is 0.456. The number of piperidine rings is 2. The van der Waals surface area contributed by atoms with Crippen LogP contribution in [0.25, 0.3) is 17.0 Å². The Hall–Kier alpha value is -3.58. The van der Waals surface area contributed by atoms with Crippen LogP contribution in [0, 0.1) is 5.92 Å². The standard InChI is InChI=1S/C30H35N3O4/c1-37-24-9-6-21(7-10-24)8-11-28(34)32-16-14-23(15-17-32)29(30(35)36)33-18-12-22(13-19-33)26-20-31-27-5-3-2-4-25(26)27/h2-11,20,22-23,29,31H,12-19H2,1H3,(H,35,36)/b11-8+. The smallest absolute Gasteiger partial charge is 0.321 e. The second kappa shape index (κ2) is 11.2. The minimum Gasteiger partial charge on any atom is -0.497 e. The van der Waals surface area contributed by atoms with Gasteiger partial charge < -0.3 is 19.7 Å². The number of aromatic amines is 1. The van der Waals surface area contributed by atoms with Crippen LogP contribution in [-0.4, -0.2) is 71.1 Å². The van der Waals surface area contributed by atoms with Crippen molar-refractivity contribution in [2.24, 2.45) is 5.92 Å². The first-order valence-electron chi connectivity index (χ1n) is 13.2. The summed E-state index contributed by atoms with van der Waals surface area (Å²) in [5, 5.41) is 11.4. The Morgan fingerprint density at radius 3 is 2.38 bits per heavy atom. The van der Waals surface area contributed by atoms with Crippen LogP contribution in [-0.2, 0) is 9.59 Å². The van der Waals surface area contributed by atoms with Crippen molar-refractivity contribution in [2.75, 3.05) is 33.3 Å². The average Bonchev–Trinajstić information content (AvgIpc) is 3.37. The number of aromatic nitrogens is 1. The molecule has 1 atom stereocenters. The molecule has 7 nitrogen and oxygen atoms in total. The molecule has 2 N–H and O–H groups in total. The Morgan fingerprint density at radius 2 is 1.70 bits per heavy atom. The summed E-state index contributed by atoms with van der Waals surface area (Å²) in [4.78, 5) is 32.5. The van der Waals surface area contributed by atoms with Crippen LogP contribution in [0.15, 0.2) is 60.8 Å². The molecule has 2 aliphatic rings. The van der Waals surface area contributed by atoms with Crippen LogP contribution in [0.3, 0.4) is 0 Å². The molecule has 2 aromatic carbocycles. The van der Waals surface area contributed by atoms with E-state index in [1.54, 1.807) is 13.2 Å². The van der Waals surface area contributed by atoms with E-state index in [2.05, 4.69) is 34.3 Å². The summed E-state index contributed by atoms with van der Waals surface area (Å²) < 4.78 is 5.17. The summed E-state index contributed by atoms with van der Waals surface area (Å²) in [5.41, 5.74) is 3.44. The van der Waals surface area contributed by atoms with Crippen LogP contribution in [0.4, 0.5) is 0 Å². The number of fused-ring (bicyclic) bond motifs is 1. The zero-order chi connectivity index (χ0) is 25.8. The van der Waals surface area contributed by atoms with Crippen LogP contribution in [0.1, 0.15) is 42.7 Å². The lowest BCUT2D eigenvalue weighted by Gasteiger charge is -2.41. The Kier molecular flexibility index (Phi) is 7.60. The van der Waals surface area contributed by atoms with E-state index in [1.165, 1.54) is 10.9 Å². The first kappa shape index (κ1) is 25.1. The van der Waals surface area contributed by atoms with Gasteiger partial charge in [0.15, 0.2) is 0 Å². The summed E-state index contributed by atoms with van der Waals surface area (Å²) in [6.45, 7) is 2.74. The molecule has 2 saturated heterocycles. The summed E-state index contributed by atoms with van der Waals surface area (Å²) in [7, 11) is 1.63. The molecule has 0 bridgehead atoms. The van der Waals surface area contributed by atoms with E-state index < -0.39 is 12.0 Å². The van der Waals surface area contributed by atoms with Crippen LogP contribution in [0.2, 0.25) is 0 Å². The molecule has 5 rings (SSSR count). The minimum atomic E-state index is -0.741. The van der Waals surface area contributed by atoms with E-state index in [9.17, 15) is 14.7 Å². The van der Waals surface area contributed by atoms with Gasteiger partial charge in [-0.2, -0.15) is 0 Å². The van der Waals surface area contributed by atoms with Gasteiger partial charge in [-0.25, -0.2) is 0 Å². The second-order valence-electron chi connectivity index (χ2n) is 10.2. The number of para-hydroxylation sites is 1. The molecule has 2 aliphatic heterocycles. The van der Waals surface area contributed by atoms with E-state index in [4.69, 9.17) is 4.74 Å². The number of nitrogens with one attached hydrogen (secondary N) is 1. The van der Waals surface area contributed by atoms with Crippen LogP contribution >= 0.6 is 0 Å². The molecule has 1 amide bonds. The average molecular weight is 502 g/mol. The van der Waals surface area contributed by atoms with Gasteiger partial charge in [-0.05, 0) is 86.0 Å². The fraction of sp³-hybridized carbons (Fsp3) is 0.400. The van der Waals surface area contributed by atoms with Gasteiger partial charge in [-0.3, -0.25) is 14.5 Å². The van der Waals surface area contributed by atoms with Crippen molar-refractivity contribution in [3.8, 4) is 5.75 Å². The lowest BCUT2D eigenvalue weighted by Crippen LogP contribution is -2.52. The first-order valence-corrected chi connectivity index (χ1v) is 13.2. The van der Waals surface area contributed by atoms with Crippen molar-refractivity contribution in [2.45, 2.75) is 37.6 Å². The largest absolute Gasteiger partial charge is 0.497 e. The fourth-order valence-corrected chi connectivity index (χ4v) is 6.00. The number of hydrogen-bond donors (Lipinski definition) is 2. The maximum Gasteiger partial charge on any atom is 0.321 e. The molecule has 1 unspecified atom stereocenters. The van der Waals surface area contributed by atoms with Gasteiger partial charge in [0, 0.05) is 36.3 Å². The number of likely N-dealkylation sites (tertiary alicyclic amines) is 2. The molecule has 7 heteroatoms. The highest BCUT2D eigenvalue weighted by molar-refractivity contribution is 5.92. The van der Waals surface area contributed by atoms with E-state index in [1.807, 2.05) is 41.3 Å². The molecule has 2 fully saturated rings. The molecule has 37 heavy (non-hydrogen) atoms. The third-order valence-electron chi connectivity index (χ3n) is 8.07. The monoisotopic (exact) mass is 501 g/mol. The summed E-state index contributed by atoms with van der Waals surface area (Å²) >= 11 is 0. The van der Waals surface area contributed by atoms with Gasteiger partial charge in [0.2, 0.25) is 5.91 Å². The summed E-state index contributed by atoms with van der Waals surface area (Å²) in [6.07, 6.45) is 8.87. The summed E-state index contributed by atoms with van der Waals surface area (Å²) in [5.74, 6) is 0.506. The number of benzene rings is 2. The number of methoxy groups -OCH3 is 1. The SMILES string of the molecule is COc1ccc(/C=C/C(=O)N2CCC(C(C(=O)O)N3CCC(c4c[nH]c5ccccc45)CC3)CC2)cc1. The number of carbonyl (C=O) groups is 2. The molecular weight excluding hydrogens is 466 g/mol. The molecule has 0 aliphatic carbocycles. The van der Waals surface area contributed by atoms with Crippen LogP contribution < -0.4 is 4.74 Å². The highest BCUT2D eigenvalue weighted by atomic mass is 16.5. The number of carboxylic acids is 1. The number of nitrogens with zero attached hydrogens (tertiary/aromatic N) is 2. The molecule has 0 radical (unpaired) electrons. The number of H-pyrrole nitrogens is 1. The maximum absolute atomic E-state index is 12.7. The number of carboxylic acid groups (broad SMARTS) is 1. The Bertz CT molecular complexity index is 1250. The van der Waals surface area contributed by atoms with Gasteiger partial charge >= 0.3 is 5.97 Å². The molecule has 1 aromatic heterocycles. The van der Waals surface area contributed by atoms with E-state index in [-0.39, 0.29) is 11.8 Å². The number of hydrogen-bond acceptors (Lipinski definition) is 4. The molecule has 194 valence electrons. The van der Waals surface area contributed by atoms with E-state index >= 15 is 0 Å². The van der Waals surface area contributed by atoms with Crippen LogP contribution in [0.5, 0.6) is 5.75 Å². The Labute approximate surface area is 217 Å². The number of ether oxygens (including phenoxy) is 1. The van der Waals surface area contributed by atoms with Gasteiger partial charge in [0.05, 0.1) is 7.11 Å². The molecule has 3 heterocycles. The molecule has 0 spiro atoms. The highest BCUT2D eigenvalue weighted by Gasteiger charge is 2.38. The van der Waals surface area contributed by atoms with E-state index in [0.717, 1.165) is 42.8 Å².